The second-order valence-corrected chi connectivity index (χ2v) is 6.93. The van der Waals surface area contributed by atoms with Crippen LogP contribution in [0, 0.1) is 20.8 Å². The molecule has 1 N–H and O–H groups in total. The van der Waals surface area contributed by atoms with Gasteiger partial charge in [-0.25, -0.2) is 9.78 Å². The molecule has 4 rings (SSSR count). The molecule has 0 saturated heterocycles. The van der Waals surface area contributed by atoms with E-state index >= 15 is 0 Å². The van der Waals surface area contributed by atoms with Gasteiger partial charge in [-0.1, -0.05) is 23.4 Å². The smallest absolute Gasteiger partial charge is 0.339 e. The van der Waals surface area contributed by atoms with Gasteiger partial charge in [0.25, 0.3) is 5.89 Å². The molecule has 0 saturated carbocycles. The minimum atomic E-state index is -1.07. The van der Waals surface area contributed by atoms with E-state index < -0.39 is 5.97 Å². The van der Waals surface area contributed by atoms with Gasteiger partial charge in [-0.05, 0) is 50.1 Å². The summed E-state index contributed by atoms with van der Waals surface area (Å²) < 4.78 is 12.6. The number of aromatic carboxylic acids is 1. The number of hydrogen-bond donors (Lipinski definition) is 1. The number of imidazole rings is 1. The third kappa shape index (κ3) is 3.22. The van der Waals surface area contributed by atoms with Crippen molar-refractivity contribution in [2.75, 3.05) is 7.11 Å². The van der Waals surface area contributed by atoms with Gasteiger partial charge in [0, 0.05) is 5.56 Å². The van der Waals surface area contributed by atoms with E-state index in [9.17, 15) is 9.90 Å². The van der Waals surface area contributed by atoms with Crippen LogP contribution in [0.3, 0.4) is 0 Å². The lowest BCUT2D eigenvalue weighted by atomic mass is 10.1. The first-order chi connectivity index (χ1) is 14.4. The van der Waals surface area contributed by atoms with E-state index in [2.05, 4.69) is 41.1 Å². The highest BCUT2D eigenvalue weighted by Crippen LogP contribution is 2.30. The number of rotatable bonds is 5. The van der Waals surface area contributed by atoms with Crippen LogP contribution >= 0.6 is 0 Å². The summed E-state index contributed by atoms with van der Waals surface area (Å²) in [6, 6.07) is 10.8. The molecule has 0 atom stereocenters. The third-order valence-electron chi connectivity index (χ3n) is 5.01. The van der Waals surface area contributed by atoms with Crippen LogP contribution in [0.4, 0.5) is 0 Å². The van der Waals surface area contributed by atoms with Gasteiger partial charge in [-0.15, -0.1) is 0 Å². The van der Waals surface area contributed by atoms with Gasteiger partial charge < -0.3 is 18.9 Å². The van der Waals surface area contributed by atoms with Crippen LogP contribution in [0.15, 0.2) is 47.2 Å². The molecule has 0 aliphatic rings. The zero-order valence-corrected chi connectivity index (χ0v) is 17.0. The summed E-state index contributed by atoms with van der Waals surface area (Å²) in [5.74, 6) is -0.239. The molecule has 152 valence electrons. The number of carbonyl (C=O) groups is 1. The zero-order valence-electron chi connectivity index (χ0n) is 17.0. The number of benzene rings is 2. The van der Waals surface area contributed by atoms with Crippen LogP contribution in [-0.2, 0) is 0 Å². The SMILES string of the molecule is COc1cc(-c2noc(-c3ncn(-c4c(C)cccc4C)c3C)n2)ccc1C(=O)O. The first kappa shape index (κ1) is 19.4. The van der Waals surface area contributed by atoms with E-state index in [0.717, 1.165) is 22.5 Å². The van der Waals surface area contributed by atoms with Gasteiger partial charge in [0.15, 0.2) is 0 Å². The van der Waals surface area contributed by atoms with Gasteiger partial charge >= 0.3 is 5.97 Å². The molecule has 4 aromatic rings. The first-order valence-electron chi connectivity index (χ1n) is 9.27. The van der Waals surface area contributed by atoms with Crippen LogP contribution < -0.4 is 4.74 Å². The Labute approximate surface area is 172 Å². The van der Waals surface area contributed by atoms with E-state index in [0.29, 0.717) is 17.1 Å². The van der Waals surface area contributed by atoms with Crippen molar-refractivity contribution in [1.29, 1.82) is 0 Å². The number of carboxylic acids is 1. The minimum absolute atomic E-state index is 0.0631. The second kappa shape index (κ2) is 7.47. The lowest BCUT2D eigenvalue weighted by Crippen LogP contribution is -2.01. The van der Waals surface area contributed by atoms with Crippen LogP contribution in [0.5, 0.6) is 5.75 Å². The van der Waals surface area contributed by atoms with Crippen LogP contribution in [0.25, 0.3) is 28.7 Å². The Hall–Kier alpha value is -3.94. The average Bonchev–Trinajstić information content (AvgIpc) is 3.34. The number of hydrogen-bond acceptors (Lipinski definition) is 6. The molecule has 30 heavy (non-hydrogen) atoms. The summed E-state index contributed by atoms with van der Waals surface area (Å²) in [7, 11) is 1.41. The maximum Gasteiger partial charge on any atom is 0.339 e. The lowest BCUT2D eigenvalue weighted by Gasteiger charge is -2.12. The number of aromatic nitrogens is 4. The molecule has 2 aromatic heterocycles. The van der Waals surface area contributed by atoms with Crippen molar-refractivity contribution in [3.8, 4) is 34.4 Å². The van der Waals surface area contributed by atoms with E-state index in [1.807, 2.05) is 17.6 Å². The molecule has 0 unspecified atom stereocenters. The van der Waals surface area contributed by atoms with Crippen molar-refractivity contribution >= 4 is 5.97 Å². The number of ether oxygens (including phenoxy) is 1. The molecule has 2 heterocycles. The molecular formula is C22H20N4O4. The summed E-state index contributed by atoms with van der Waals surface area (Å²) in [4.78, 5) is 20.2. The Balaban J connectivity index is 1.72. The van der Waals surface area contributed by atoms with Crippen molar-refractivity contribution in [3.63, 3.8) is 0 Å². The van der Waals surface area contributed by atoms with Gasteiger partial charge in [0.1, 0.15) is 23.3 Å². The van der Waals surface area contributed by atoms with Crippen LogP contribution in [0.2, 0.25) is 0 Å². The highest BCUT2D eigenvalue weighted by molar-refractivity contribution is 5.91. The van der Waals surface area contributed by atoms with Crippen LogP contribution in [0.1, 0.15) is 27.2 Å². The standard InChI is InChI=1S/C22H20N4O4/c1-12-6-5-7-13(2)19(12)26-11-23-18(14(26)3)21-24-20(25-30-21)15-8-9-16(22(27)28)17(10-15)29-4/h5-11H,1-4H3,(H,27,28). The van der Waals surface area contributed by atoms with E-state index in [4.69, 9.17) is 9.26 Å². The fourth-order valence-corrected chi connectivity index (χ4v) is 3.47. The topological polar surface area (TPSA) is 103 Å². The number of methoxy groups -OCH3 is 1. The molecule has 0 bridgehead atoms. The van der Waals surface area contributed by atoms with Crippen molar-refractivity contribution in [1.82, 2.24) is 19.7 Å². The molecule has 8 nitrogen and oxygen atoms in total. The summed E-state index contributed by atoms with van der Waals surface area (Å²) >= 11 is 0. The molecule has 2 aromatic carbocycles. The van der Waals surface area contributed by atoms with Crippen molar-refractivity contribution in [3.05, 3.63) is 65.1 Å². The first-order valence-corrected chi connectivity index (χ1v) is 9.27. The predicted octanol–water partition coefficient (Wildman–Crippen LogP) is 4.22. The third-order valence-corrected chi connectivity index (χ3v) is 5.01. The fraction of sp³-hybridized carbons (Fsp3) is 0.182. The Morgan fingerprint density at radius 1 is 1.13 bits per heavy atom. The lowest BCUT2D eigenvalue weighted by molar-refractivity contribution is 0.0693. The van der Waals surface area contributed by atoms with Crippen LogP contribution in [-0.4, -0.2) is 37.9 Å². The molecule has 0 amide bonds. The van der Waals surface area contributed by atoms with Crippen molar-refractivity contribution in [2.24, 2.45) is 0 Å². The highest BCUT2D eigenvalue weighted by Gasteiger charge is 2.20. The number of carboxylic acid groups (broad SMARTS) is 1. The summed E-state index contributed by atoms with van der Waals surface area (Å²) in [6.45, 7) is 6.06. The van der Waals surface area contributed by atoms with Gasteiger partial charge in [0.2, 0.25) is 5.82 Å². The van der Waals surface area contributed by atoms with Crippen molar-refractivity contribution < 1.29 is 19.2 Å². The fourth-order valence-electron chi connectivity index (χ4n) is 3.47. The average molecular weight is 404 g/mol. The Kier molecular flexibility index (Phi) is 4.83. The van der Waals surface area contributed by atoms with E-state index in [1.165, 1.54) is 13.2 Å². The molecule has 0 fully saturated rings. The maximum absolute atomic E-state index is 11.3. The molecule has 8 heteroatoms. The zero-order chi connectivity index (χ0) is 21.4. The largest absolute Gasteiger partial charge is 0.496 e. The quantitative estimate of drug-likeness (QED) is 0.531. The summed E-state index contributed by atoms with van der Waals surface area (Å²) in [5, 5.41) is 13.3. The molecule has 0 aliphatic carbocycles. The van der Waals surface area contributed by atoms with Gasteiger partial charge in [0.05, 0.1) is 18.5 Å². The molecule has 0 spiro atoms. The van der Waals surface area contributed by atoms with E-state index in [-0.39, 0.29) is 17.2 Å². The Morgan fingerprint density at radius 3 is 2.53 bits per heavy atom. The summed E-state index contributed by atoms with van der Waals surface area (Å²) in [5.41, 5.74) is 5.46. The van der Waals surface area contributed by atoms with Crippen molar-refractivity contribution in [2.45, 2.75) is 20.8 Å². The monoisotopic (exact) mass is 404 g/mol. The highest BCUT2D eigenvalue weighted by atomic mass is 16.5. The number of nitrogens with zero attached hydrogens (tertiary/aromatic N) is 4. The van der Waals surface area contributed by atoms with Gasteiger partial charge in [-0.3, -0.25) is 0 Å². The second-order valence-electron chi connectivity index (χ2n) is 6.93. The predicted molar refractivity (Wildman–Crippen MR) is 110 cm³/mol. The minimum Gasteiger partial charge on any atom is -0.496 e. The maximum atomic E-state index is 11.3. The molecule has 0 aliphatic heterocycles. The Morgan fingerprint density at radius 2 is 1.87 bits per heavy atom. The summed E-state index contributed by atoms with van der Waals surface area (Å²) in [6.07, 6.45) is 1.74. The number of para-hydroxylation sites is 1. The van der Waals surface area contributed by atoms with E-state index in [1.54, 1.807) is 18.5 Å². The van der Waals surface area contributed by atoms with Gasteiger partial charge in [-0.2, -0.15) is 4.98 Å². The Bertz CT molecular complexity index is 1240. The molecule has 0 radical (unpaired) electrons. The number of aryl methyl sites for hydroxylation is 2. The normalized spacial score (nSPS) is 10.9. The molecular weight excluding hydrogens is 384 g/mol.